The van der Waals surface area contributed by atoms with Gasteiger partial charge in [-0.15, -0.1) is 0 Å². The Morgan fingerprint density at radius 3 is 2.83 bits per heavy atom. The molecule has 0 N–H and O–H groups in total. The highest BCUT2D eigenvalue weighted by molar-refractivity contribution is 5.50. The Bertz CT molecular complexity index is 757. The smallest absolute Gasteiger partial charge is 0.342 e. The van der Waals surface area contributed by atoms with Gasteiger partial charge >= 0.3 is 6.18 Å². The Balaban J connectivity index is 1.83. The number of alkyl halides is 3. The van der Waals surface area contributed by atoms with Gasteiger partial charge in [-0.3, -0.25) is 9.36 Å². The number of nitrogens with zero attached hydrogens (tertiary/aromatic N) is 4. The zero-order chi connectivity index (χ0) is 17.2. The van der Waals surface area contributed by atoms with Gasteiger partial charge in [0.25, 0.3) is 5.56 Å². The van der Waals surface area contributed by atoms with Crippen LogP contribution in [0.4, 0.5) is 24.9 Å². The van der Waals surface area contributed by atoms with Crippen molar-refractivity contribution in [1.29, 1.82) is 0 Å². The summed E-state index contributed by atoms with van der Waals surface area (Å²) >= 11 is 0. The molecule has 0 atom stereocenters. The number of hydrogen-bond donors (Lipinski definition) is 0. The maximum Gasteiger partial charge on any atom is 0.389 e. The van der Waals surface area contributed by atoms with Crippen molar-refractivity contribution < 1.29 is 13.2 Å². The average molecular weight is 338 g/mol. The van der Waals surface area contributed by atoms with Crippen LogP contribution in [0.5, 0.6) is 0 Å². The predicted octanol–water partition coefficient (Wildman–Crippen LogP) is 2.13. The van der Waals surface area contributed by atoms with Gasteiger partial charge in [-0.1, -0.05) is 11.8 Å². The van der Waals surface area contributed by atoms with Crippen molar-refractivity contribution in [3.05, 3.63) is 28.7 Å². The van der Waals surface area contributed by atoms with Crippen LogP contribution in [0, 0.1) is 11.8 Å². The molecule has 2 aliphatic rings. The SMILES string of the molecule is O=c1cc(N2C=CC#CC2)nc2n1CCCN2CCCC(F)(F)F. The largest absolute Gasteiger partial charge is 0.389 e. The van der Waals surface area contributed by atoms with Crippen LogP contribution in [0.25, 0.3) is 0 Å². The molecule has 0 fully saturated rings. The lowest BCUT2D eigenvalue weighted by atomic mass is 10.2. The third-order valence-corrected chi connectivity index (χ3v) is 3.94. The maximum absolute atomic E-state index is 12.4. The lowest BCUT2D eigenvalue weighted by Gasteiger charge is -2.32. The van der Waals surface area contributed by atoms with Crippen molar-refractivity contribution in [2.75, 3.05) is 29.4 Å². The molecule has 0 amide bonds. The Labute approximate surface area is 137 Å². The summed E-state index contributed by atoms with van der Waals surface area (Å²) in [5.41, 5.74) is -0.192. The molecule has 128 valence electrons. The van der Waals surface area contributed by atoms with Crippen LogP contribution in [0.1, 0.15) is 19.3 Å². The molecular weight excluding hydrogens is 321 g/mol. The first-order valence-electron chi connectivity index (χ1n) is 7.79. The van der Waals surface area contributed by atoms with E-state index in [0.29, 0.717) is 31.4 Å². The molecule has 0 radical (unpaired) electrons. The van der Waals surface area contributed by atoms with Gasteiger partial charge in [0.15, 0.2) is 0 Å². The number of aromatic nitrogens is 2. The zero-order valence-corrected chi connectivity index (χ0v) is 13.0. The molecule has 0 saturated heterocycles. The fourth-order valence-corrected chi connectivity index (χ4v) is 2.81. The van der Waals surface area contributed by atoms with Gasteiger partial charge in [0.05, 0.1) is 6.54 Å². The monoisotopic (exact) mass is 338 g/mol. The minimum Gasteiger partial charge on any atom is -0.342 e. The molecule has 5 nitrogen and oxygen atoms in total. The van der Waals surface area contributed by atoms with E-state index >= 15 is 0 Å². The molecule has 3 heterocycles. The molecule has 24 heavy (non-hydrogen) atoms. The van der Waals surface area contributed by atoms with Crippen molar-refractivity contribution in [1.82, 2.24) is 9.55 Å². The molecule has 0 unspecified atom stereocenters. The molecule has 1 aromatic heterocycles. The minimum absolute atomic E-state index is 0.0152. The van der Waals surface area contributed by atoms with E-state index in [-0.39, 0.29) is 18.5 Å². The first-order chi connectivity index (χ1) is 11.4. The zero-order valence-electron chi connectivity index (χ0n) is 13.0. The van der Waals surface area contributed by atoms with Crippen molar-refractivity contribution in [3.63, 3.8) is 0 Å². The Kier molecular flexibility index (Phi) is 4.51. The lowest BCUT2D eigenvalue weighted by Crippen LogP contribution is -2.40. The van der Waals surface area contributed by atoms with Gasteiger partial charge in [-0.25, -0.2) is 0 Å². The van der Waals surface area contributed by atoms with E-state index in [0.717, 1.165) is 6.42 Å². The van der Waals surface area contributed by atoms with E-state index in [1.165, 1.54) is 10.6 Å². The molecule has 0 spiro atoms. The van der Waals surface area contributed by atoms with Crippen LogP contribution >= 0.6 is 0 Å². The van der Waals surface area contributed by atoms with E-state index in [4.69, 9.17) is 0 Å². The minimum atomic E-state index is -4.16. The Morgan fingerprint density at radius 1 is 1.29 bits per heavy atom. The van der Waals surface area contributed by atoms with Crippen molar-refractivity contribution in [3.8, 4) is 11.8 Å². The normalized spacial score (nSPS) is 16.6. The molecule has 2 aliphatic heterocycles. The van der Waals surface area contributed by atoms with Crippen LogP contribution < -0.4 is 15.4 Å². The molecule has 0 bridgehead atoms. The van der Waals surface area contributed by atoms with Crippen LogP contribution in [0.2, 0.25) is 0 Å². The van der Waals surface area contributed by atoms with Gasteiger partial charge < -0.3 is 9.80 Å². The quantitative estimate of drug-likeness (QED) is 0.789. The van der Waals surface area contributed by atoms with E-state index in [2.05, 4.69) is 16.8 Å². The molecule has 1 aromatic rings. The van der Waals surface area contributed by atoms with Crippen molar-refractivity contribution in [2.24, 2.45) is 0 Å². The summed E-state index contributed by atoms with van der Waals surface area (Å²) in [4.78, 5) is 20.4. The summed E-state index contributed by atoms with van der Waals surface area (Å²) in [7, 11) is 0. The first kappa shape index (κ1) is 16.4. The van der Waals surface area contributed by atoms with Gasteiger partial charge in [0, 0.05) is 44.4 Å². The molecule has 0 aliphatic carbocycles. The van der Waals surface area contributed by atoms with Crippen LogP contribution in [-0.4, -0.2) is 35.4 Å². The maximum atomic E-state index is 12.4. The van der Waals surface area contributed by atoms with Gasteiger partial charge in [-0.05, 0) is 12.8 Å². The molecule has 0 aromatic carbocycles. The molecule has 8 heteroatoms. The highest BCUT2D eigenvalue weighted by Gasteiger charge is 2.28. The standard InChI is InChI=1S/C16H17F3N4O/c17-16(18,19)6-4-9-22-10-5-11-23-14(24)12-13(20-15(22)23)21-7-2-1-3-8-21/h2,7,12H,4-6,8-11H2. The lowest BCUT2D eigenvalue weighted by molar-refractivity contribution is -0.135. The fourth-order valence-electron chi connectivity index (χ4n) is 2.81. The number of fused-ring (bicyclic) bond motifs is 1. The Hall–Kier alpha value is -2.43. The van der Waals surface area contributed by atoms with Gasteiger partial charge in [0.2, 0.25) is 5.95 Å². The second kappa shape index (κ2) is 6.59. The molecule has 0 saturated carbocycles. The van der Waals surface area contributed by atoms with Crippen molar-refractivity contribution >= 4 is 11.8 Å². The third kappa shape index (κ3) is 3.72. The van der Waals surface area contributed by atoms with Gasteiger partial charge in [0.1, 0.15) is 5.82 Å². The van der Waals surface area contributed by atoms with E-state index in [9.17, 15) is 18.0 Å². The number of rotatable bonds is 4. The second-order valence-corrected chi connectivity index (χ2v) is 5.73. The summed E-state index contributed by atoms with van der Waals surface area (Å²) in [6.07, 6.45) is -0.886. The second-order valence-electron chi connectivity index (χ2n) is 5.73. The predicted molar refractivity (Wildman–Crippen MR) is 84.9 cm³/mol. The highest BCUT2D eigenvalue weighted by Crippen LogP contribution is 2.24. The van der Waals surface area contributed by atoms with Gasteiger partial charge in [-0.2, -0.15) is 18.2 Å². The van der Waals surface area contributed by atoms with Crippen LogP contribution in [0.3, 0.4) is 0 Å². The summed E-state index contributed by atoms with van der Waals surface area (Å²) < 4.78 is 38.6. The van der Waals surface area contributed by atoms with E-state index in [1.54, 1.807) is 22.1 Å². The van der Waals surface area contributed by atoms with Crippen molar-refractivity contribution in [2.45, 2.75) is 32.0 Å². The number of hydrogen-bond acceptors (Lipinski definition) is 4. The number of anilines is 2. The topological polar surface area (TPSA) is 41.4 Å². The third-order valence-electron chi connectivity index (χ3n) is 3.94. The van der Waals surface area contributed by atoms with Crippen LogP contribution in [0.15, 0.2) is 23.1 Å². The summed E-state index contributed by atoms with van der Waals surface area (Å²) in [6, 6.07) is 1.44. The number of allylic oxidation sites excluding steroid dienone is 1. The fraction of sp³-hybridized carbons (Fsp3) is 0.500. The average Bonchev–Trinajstić information content (AvgIpc) is 2.55. The summed E-state index contributed by atoms with van der Waals surface area (Å²) in [5.74, 6) is 6.62. The van der Waals surface area contributed by atoms with Crippen LogP contribution in [-0.2, 0) is 6.54 Å². The first-order valence-corrected chi connectivity index (χ1v) is 7.79. The Morgan fingerprint density at radius 2 is 2.12 bits per heavy atom. The molecular formula is C16H17F3N4O. The summed E-state index contributed by atoms with van der Waals surface area (Å²) in [5, 5.41) is 0. The summed E-state index contributed by atoms with van der Waals surface area (Å²) in [6.45, 7) is 1.79. The van der Waals surface area contributed by atoms with E-state index in [1.807, 2.05) is 0 Å². The number of halogens is 3. The molecule has 3 rings (SSSR count). The highest BCUT2D eigenvalue weighted by atomic mass is 19.4. The van der Waals surface area contributed by atoms with E-state index < -0.39 is 12.6 Å².